The predicted molar refractivity (Wildman–Crippen MR) is 112 cm³/mol. The van der Waals surface area contributed by atoms with Gasteiger partial charge in [-0.1, -0.05) is 36.4 Å². The Kier molecular flexibility index (Phi) is 5.51. The molecule has 0 saturated carbocycles. The lowest BCUT2D eigenvalue weighted by Gasteiger charge is -2.10. The Morgan fingerprint density at radius 1 is 0.969 bits per heavy atom. The van der Waals surface area contributed by atoms with Crippen molar-refractivity contribution in [3.05, 3.63) is 83.4 Å². The highest BCUT2D eigenvalue weighted by Crippen LogP contribution is 2.33. The van der Waals surface area contributed by atoms with Gasteiger partial charge in [-0.25, -0.2) is 22.9 Å². The van der Waals surface area contributed by atoms with Gasteiger partial charge in [0.25, 0.3) is 0 Å². The van der Waals surface area contributed by atoms with E-state index < -0.39 is 27.6 Å². The van der Waals surface area contributed by atoms with E-state index in [4.69, 9.17) is 5.14 Å². The van der Waals surface area contributed by atoms with E-state index in [1.165, 1.54) is 18.2 Å². The van der Waals surface area contributed by atoms with Crippen molar-refractivity contribution in [2.75, 3.05) is 0 Å². The third kappa shape index (κ3) is 4.37. The van der Waals surface area contributed by atoms with Crippen LogP contribution >= 0.6 is 0 Å². The Balaban J connectivity index is 1.62. The second kappa shape index (κ2) is 8.03. The molecule has 32 heavy (non-hydrogen) atoms. The lowest BCUT2D eigenvalue weighted by molar-refractivity contribution is -0.140. The summed E-state index contributed by atoms with van der Waals surface area (Å²) >= 11 is 0. The van der Waals surface area contributed by atoms with Gasteiger partial charge in [0.2, 0.25) is 10.0 Å². The summed E-state index contributed by atoms with van der Waals surface area (Å²) in [6.07, 6.45) is -4.55. The van der Waals surface area contributed by atoms with Crippen LogP contribution in [-0.4, -0.2) is 18.4 Å². The Morgan fingerprint density at radius 2 is 1.72 bits per heavy atom. The normalized spacial score (nSPS) is 12.4. The van der Waals surface area contributed by atoms with Gasteiger partial charge in [-0.2, -0.15) is 13.2 Å². The van der Waals surface area contributed by atoms with Gasteiger partial charge < -0.3 is 4.98 Å². The van der Waals surface area contributed by atoms with E-state index in [9.17, 15) is 26.0 Å². The lowest BCUT2D eigenvalue weighted by Crippen LogP contribution is -2.13. The van der Waals surface area contributed by atoms with Crippen molar-refractivity contribution in [1.82, 2.24) is 9.97 Å². The molecule has 0 atom stereocenters. The summed E-state index contributed by atoms with van der Waals surface area (Å²) in [4.78, 5) is 7.44. The monoisotopic (exact) mass is 463 g/mol. The second-order valence-electron chi connectivity index (χ2n) is 7.23. The highest BCUT2D eigenvalue weighted by atomic mass is 32.2. The Morgan fingerprint density at radius 3 is 2.44 bits per heavy atom. The number of benzene rings is 3. The van der Waals surface area contributed by atoms with Crippen molar-refractivity contribution in [3.63, 3.8) is 0 Å². The zero-order valence-electron chi connectivity index (χ0n) is 16.4. The lowest BCUT2D eigenvalue weighted by atomic mass is 10.0. The number of primary sulfonamides is 1. The number of hydrogen-bond donors (Lipinski definition) is 2. The molecular formula is C22H17F4N3O2S. The van der Waals surface area contributed by atoms with Crippen LogP contribution in [0.5, 0.6) is 0 Å². The number of sulfonamides is 1. The molecule has 0 fully saturated rings. The van der Waals surface area contributed by atoms with E-state index in [0.29, 0.717) is 34.1 Å². The smallest absolute Gasteiger partial charge is 0.342 e. The van der Waals surface area contributed by atoms with Crippen LogP contribution in [-0.2, 0) is 29.0 Å². The van der Waals surface area contributed by atoms with Crippen molar-refractivity contribution in [1.29, 1.82) is 0 Å². The number of aromatic amines is 1. The summed E-state index contributed by atoms with van der Waals surface area (Å²) in [5.41, 5.74) is 0.869. The minimum Gasteiger partial charge on any atom is -0.342 e. The quantitative estimate of drug-likeness (QED) is 0.416. The first-order chi connectivity index (χ1) is 15.0. The van der Waals surface area contributed by atoms with Gasteiger partial charge in [0.15, 0.2) is 0 Å². The number of aryl methyl sites for hydroxylation is 2. The zero-order chi connectivity index (χ0) is 23.1. The standard InChI is InChI=1S/C22H17F4N3O2S/c23-21-13(4-3-6-16(21)22(24,25)26)9-11-20-28-17-10-8-14(12-18(17)29-20)15-5-1-2-7-19(15)32(27,30)31/h1-8,10,12H,9,11H2,(H,28,29)(H2,27,30,31). The first-order valence-corrected chi connectivity index (χ1v) is 11.0. The average Bonchev–Trinajstić information content (AvgIpc) is 3.13. The van der Waals surface area contributed by atoms with E-state index >= 15 is 0 Å². The van der Waals surface area contributed by atoms with Gasteiger partial charge in [-0.05, 0) is 41.8 Å². The van der Waals surface area contributed by atoms with Crippen molar-refractivity contribution >= 4 is 21.1 Å². The summed E-state index contributed by atoms with van der Waals surface area (Å²) in [6.45, 7) is 0. The third-order valence-corrected chi connectivity index (χ3v) is 6.02. The molecule has 0 aliphatic carbocycles. The number of H-pyrrole nitrogens is 1. The fraction of sp³-hybridized carbons (Fsp3) is 0.136. The molecular weight excluding hydrogens is 446 g/mol. The van der Waals surface area contributed by atoms with Crippen molar-refractivity contribution < 1.29 is 26.0 Å². The molecule has 3 aromatic carbocycles. The van der Waals surface area contributed by atoms with Gasteiger partial charge in [-0.15, -0.1) is 0 Å². The van der Waals surface area contributed by atoms with Gasteiger partial charge in [0, 0.05) is 12.0 Å². The fourth-order valence-electron chi connectivity index (χ4n) is 3.55. The number of nitrogens with one attached hydrogen (secondary N) is 1. The van der Waals surface area contributed by atoms with Crippen LogP contribution in [0.1, 0.15) is 17.0 Å². The van der Waals surface area contributed by atoms with E-state index in [0.717, 1.165) is 0 Å². The maximum atomic E-state index is 14.2. The van der Waals surface area contributed by atoms with Crippen molar-refractivity contribution in [2.45, 2.75) is 23.9 Å². The summed E-state index contributed by atoms with van der Waals surface area (Å²) in [5.74, 6) is -0.813. The third-order valence-electron chi connectivity index (χ3n) is 5.05. The molecule has 1 aromatic heterocycles. The van der Waals surface area contributed by atoms with E-state index in [-0.39, 0.29) is 23.3 Å². The van der Waals surface area contributed by atoms with Crippen LogP contribution in [0.25, 0.3) is 22.2 Å². The van der Waals surface area contributed by atoms with Crippen molar-refractivity contribution in [3.8, 4) is 11.1 Å². The van der Waals surface area contributed by atoms with Crippen LogP contribution in [0, 0.1) is 5.82 Å². The van der Waals surface area contributed by atoms with E-state index in [2.05, 4.69) is 9.97 Å². The topological polar surface area (TPSA) is 88.8 Å². The molecule has 3 N–H and O–H groups in total. The molecule has 0 aliphatic heterocycles. The number of halogens is 4. The van der Waals surface area contributed by atoms with Crippen LogP contribution in [0.3, 0.4) is 0 Å². The molecule has 0 radical (unpaired) electrons. The highest BCUT2D eigenvalue weighted by molar-refractivity contribution is 7.89. The number of aromatic nitrogens is 2. The Bertz CT molecular complexity index is 1410. The second-order valence-corrected chi connectivity index (χ2v) is 8.76. The SMILES string of the molecule is NS(=O)(=O)c1ccccc1-c1ccc2nc(CCc3cccc(C(F)(F)F)c3F)[nH]c2c1. The summed E-state index contributed by atoms with van der Waals surface area (Å²) < 4.78 is 76.7. The Labute approximate surface area is 181 Å². The molecule has 0 unspecified atom stereocenters. The molecule has 4 aromatic rings. The molecule has 0 spiro atoms. The zero-order valence-corrected chi connectivity index (χ0v) is 17.3. The minimum absolute atomic E-state index is 0.0147. The minimum atomic E-state index is -4.76. The molecule has 10 heteroatoms. The molecule has 0 bridgehead atoms. The van der Waals surface area contributed by atoms with Crippen LogP contribution in [0.15, 0.2) is 65.6 Å². The number of imidazole rings is 1. The van der Waals surface area contributed by atoms with Gasteiger partial charge in [0.05, 0.1) is 21.5 Å². The van der Waals surface area contributed by atoms with Gasteiger partial charge >= 0.3 is 6.18 Å². The van der Waals surface area contributed by atoms with Crippen LogP contribution < -0.4 is 5.14 Å². The predicted octanol–water partition coefficient (Wildman–Crippen LogP) is 4.82. The number of nitrogens with two attached hydrogens (primary N) is 1. The van der Waals surface area contributed by atoms with Crippen LogP contribution in [0.2, 0.25) is 0 Å². The first-order valence-electron chi connectivity index (χ1n) is 9.49. The number of nitrogens with zero attached hydrogens (tertiary/aromatic N) is 1. The molecule has 166 valence electrons. The number of fused-ring (bicyclic) bond motifs is 1. The first kappa shape index (κ1) is 22.0. The Hall–Kier alpha value is -3.24. The van der Waals surface area contributed by atoms with Crippen molar-refractivity contribution in [2.24, 2.45) is 5.14 Å². The van der Waals surface area contributed by atoms with Gasteiger partial charge in [0.1, 0.15) is 11.6 Å². The van der Waals surface area contributed by atoms with Gasteiger partial charge in [-0.3, -0.25) is 0 Å². The molecule has 0 saturated heterocycles. The highest BCUT2D eigenvalue weighted by Gasteiger charge is 2.34. The van der Waals surface area contributed by atoms with E-state index in [1.807, 2.05) is 0 Å². The molecule has 5 nitrogen and oxygen atoms in total. The number of rotatable bonds is 5. The van der Waals surface area contributed by atoms with Crippen LogP contribution in [0.4, 0.5) is 17.6 Å². The summed E-state index contributed by atoms with van der Waals surface area (Å²) in [6, 6.07) is 14.6. The molecule has 4 rings (SSSR count). The summed E-state index contributed by atoms with van der Waals surface area (Å²) in [7, 11) is -3.93. The number of alkyl halides is 3. The summed E-state index contributed by atoms with van der Waals surface area (Å²) in [5, 5.41) is 5.31. The molecule has 1 heterocycles. The maximum absolute atomic E-state index is 14.2. The van der Waals surface area contributed by atoms with E-state index in [1.54, 1.807) is 36.4 Å². The molecule has 0 amide bonds. The average molecular weight is 463 g/mol. The molecule has 0 aliphatic rings. The number of hydrogen-bond acceptors (Lipinski definition) is 3. The maximum Gasteiger partial charge on any atom is 0.419 e. The largest absolute Gasteiger partial charge is 0.419 e. The fourth-order valence-corrected chi connectivity index (χ4v) is 4.31.